The molecule has 1 atom stereocenters. The number of nitriles is 1. The van der Waals surface area contributed by atoms with Crippen LogP contribution in [0.4, 0.5) is 0 Å². The molecule has 7 heteroatoms. The molecule has 0 spiro atoms. The van der Waals surface area contributed by atoms with Gasteiger partial charge in [-0.25, -0.2) is 8.42 Å². The molecule has 1 aromatic carbocycles. The second kappa shape index (κ2) is 6.24. The number of carbonyl (C=O) groups excluding carboxylic acids is 1. The average Bonchev–Trinajstić information content (AvgIpc) is 3.00. The smallest absolute Gasteiger partial charge is 0.241 e. The van der Waals surface area contributed by atoms with E-state index in [4.69, 9.17) is 5.26 Å². The molecule has 0 bridgehead atoms. The van der Waals surface area contributed by atoms with Crippen LogP contribution in [0.5, 0.6) is 0 Å². The van der Waals surface area contributed by atoms with Gasteiger partial charge in [0.15, 0.2) is 0 Å². The number of likely N-dealkylation sites (tertiary alicyclic amines) is 1. The molecule has 21 heavy (non-hydrogen) atoms. The van der Waals surface area contributed by atoms with E-state index in [1.54, 1.807) is 4.90 Å². The summed E-state index contributed by atoms with van der Waals surface area (Å²) < 4.78 is 26.8. The lowest BCUT2D eigenvalue weighted by Crippen LogP contribution is -2.45. The van der Waals surface area contributed by atoms with Crippen molar-refractivity contribution < 1.29 is 13.2 Å². The lowest BCUT2D eigenvalue weighted by Gasteiger charge is -2.21. The van der Waals surface area contributed by atoms with Crippen LogP contribution in [0, 0.1) is 11.3 Å². The van der Waals surface area contributed by atoms with Gasteiger partial charge in [-0.1, -0.05) is 6.07 Å². The van der Waals surface area contributed by atoms with Gasteiger partial charge in [0.1, 0.15) is 0 Å². The van der Waals surface area contributed by atoms with Crippen molar-refractivity contribution in [3.8, 4) is 6.07 Å². The highest BCUT2D eigenvalue weighted by Gasteiger charge is 2.27. The van der Waals surface area contributed by atoms with E-state index in [0.29, 0.717) is 13.1 Å². The van der Waals surface area contributed by atoms with Crippen LogP contribution < -0.4 is 4.72 Å². The summed E-state index contributed by atoms with van der Waals surface area (Å²) in [7, 11) is -3.82. The predicted octanol–water partition coefficient (Wildman–Crippen LogP) is 0.847. The number of hydrogen-bond donors (Lipinski definition) is 1. The number of nitrogens with zero attached hydrogens (tertiary/aromatic N) is 2. The topological polar surface area (TPSA) is 90.3 Å². The van der Waals surface area contributed by atoms with Crippen molar-refractivity contribution >= 4 is 15.9 Å². The van der Waals surface area contributed by atoms with Crippen LogP contribution >= 0.6 is 0 Å². The molecule has 1 saturated heterocycles. The summed E-state index contributed by atoms with van der Waals surface area (Å²) in [6, 6.07) is 6.78. The fourth-order valence-corrected chi connectivity index (χ4v) is 3.54. The van der Waals surface area contributed by atoms with E-state index in [9.17, 15) is 13.2 Å². The largest absolute Gasteiger partial charge is 0.341 e. The molecule has 1 aliphatic heterocycles. The molecular formula is C14H17N3O3S. The lowest BCUT2D eigenvalue weighted by molar-refractivity contribution is -0.131. The number of hydrogen-bond acceptors (Lipinski definition) is 4. The van der Waals surface area contributed by atoms with E-state index in [-0.39, 0.29) is 16.4 Å². The van der Waals surface area contributed by atoms with Crippen molar-refractivity contribution in [3.63, 3.8) is 0 Å². The fourth-order valence-electron chi connectivity index (χ4n) is 2.30. The molecule has 6 nitrogen and oxygen atoms in total. The van der Waals surface area contributed by atoms with Crippen LogP contribution in [0.3, 0.4) is 0 Å². The third kappa shape index (κ3) is 3.60. The Bertz CT molecular complexity index is 673. The number of rotatable bonds is 4. The fraction of sp³-hybridized carbons (Fsp3) is 0.429. The third-order valence-electron chi connectivity index (χ3n) is 3.39. The van der Waals surface area contributed by atoms with E-state index in [1.165, 1.54) is 31.2 Å². The third-order valence-corrected chi connectivity index (χ3v) is 4.93. The van der Waals surface area contributed by atoms with E-state index in [1.807, 2.05) is 6.07 Å². The second-order valence-electron chi connectivity index (χ2n) is 5.02. The van der Waals surface area contributed by atoms with Crippen LogP contribution in [-0.2, 0) is 14.8 Å². The number of nitrogens with one attached hydrogen (secondary N) is 1. The van der Waals surface area contributed by atoms with Crippen LogP contribution in [0.15, 0.2) is 29.2 Å². The van der Waals surface area contributed by atoms with E-state index < -0.39 is 16.1 Å². The highest BCUT2D eigenvalue weighted by molar-refractivity contribution is 7.89. The Morgan fingerprint density at radius 2 is 2.05 bits per heavy atom. The van der Waals surface area contributed by atoms with Crippen LogP contribution in [0.25, 0.3) is 0 Å². The maximum atomic E-state index is 12.2. The van der Waals surface area contributed by atoms with Gasteiger partial charge in [-0.15, -0.1) is 0 Å². The summed E-state index contributed by atoms with van der Waals surface area (Å²) in [5.41, 5.74) is 0.261. The molecule has 1 amide bonds. The Morgan fingerprint density at radius 3 is 2.67 bits per heavy atom. The van der Waals surface area contributed by atoms with Crippen LogP contribution in [-0.4, -0.2) is 38.4 Å². The maximum absolute atomic E-state index is 12.2. The Labute approximate surface area is 124 Å². The van der Waals surface area contributed by atoms with Crippen molar-refractivity contribution in [2.24, 2.45) is 0 Å². The Morgan fingerprint density at radius 1 is 1.38 bits per heavy atom. The Hall–Kier alpha value is -1.91. The second-order valence-corrected chi connectivity index (χ2v) is 6.73. The zero-order valence-corrected chi connectivity index (χ0v) is 12.6. The first-order chi connectivity index (χ1) is 9.94. The van der Waals surface area contributed by atoms with Gasteiger partial charge < -0.3 is 4.90 Å². The minimum atomic E-state index is -3.82. The van der Waals surface area contributed by atoms with Crippen molar-refractivity contribution in [2.45, 2.75) is 30.7 Å². The van der Waals surface area contributed by atoms with E-state index in [2.05, 4.69) is 4.72 Å². The van der Waals surface area contributed by atoms with Crippen molar-refractivity contribution in [3.05, 3.63) is 29.8 Å². The molecular weight excluding hydrogens is 290 g/mol. The number of carbonyl (C=O) groups is 1. The van der Waals surface area contributed by atoms with Gasteiger partial charge in [0.2, 0.25) is 15.9 Å². The first-order valence-electron chi connectivity index (χ1n) is 6.75. The molecule has 1 aliphatic rings. The number of benzene rings is 1. The van der Waals surface area contributed by atoms with Crippen molar-refractivity contribution in [2.75, 3.05) is 13.1 Å². The Kier molecular flexibility index (Phi) is 4.60. The van der Waals surface area contributed by atoms with Gasteiger partial charge in [-0.3, -0.25) is 4.79 Å². The van der Waals surface area contributed by atoms with E-state index in [0.717, 1.165) is 12.8 Å². The molecule has 1 unspecified atom stereocenters. The van der Waals surface area contributed by atoms with Gasteiger partial charge >= 0.3 is 0 Å². The first kappa shape index (κ1) is 15.5. The molecule has 0 saturated carbocycles. The van der Waals surface area contributed by atoms with Crippen LogP contribution in [0.1, 0.15) is 25.3 Å². The molecule has 1 N–H and O–H groups in total. The van der Waals surface area contributed by atoms with Gasteiger partial charge in [0.25, 0.3) is 0 Å². The SMILES string of the molecule is CC(NS(=O)(=O)c1cccc(C#N)c1)C(=O)N1CCCC1. The van der Waals surface area contributed by atoms with Crippen LogP contribution in [0.2, 0.25) is 0 Å². The molecule has 1 fully saturated rings. The minimum absolute atomic E-state index is 0.0115. The zero-order valence-electron chi connectivity index (χ0n) is 11.7. The average molecular weight is 307 g/mol. The predicted molar refractivity (Wildman–Crippen MR) is 76.8 cm³/mol. The van der Waals surface area contributed by atoms with Crippen molar-refractivity contribution in [1.82, 2.24) is 9.62 Å². The molecule has 112 valence electrons. The zero-order chi connectivity index (χ0) is 15.5. The summed E-state index contributed by atoms with van der Waals surface area (Å²) in [5, 5.41) is 8.82. The summed E-state index contributed by atoms with van der Waals surface area (Å²) >= 11 is 0. The molecule has 1 aromatic rings. The normalized spacial score (nSPS) is 16.5. The van der Waals surface area contributed by atoms with Gasteiger partial charge in [-0.2, -0.15) is 9.98 Å². The van der Waals surface area contributed by atoms with Crippen molar-refractivity contribution in [1.29, 1.82) is 5.26 Å². The Balaban J connectivity index is 2.13. The standard InChI is InChI=1S/C14H17N3O3S/c1-11(14(18)17-7-2-3-8-17)16-21(19,20)13-6-4-5-12(9-13)10-15/h4-6,9,11,16H,2-3,7-8H2,1H3. The highest BCUT2D eigenvalue weighted by atomic mass is 32.2. The monoisotopic (exact) mass is 307 g/mol. The number of amides is 1. The van der Waals surface area contributed by atoms with Gasteiger partial charge in [-0.05, 0) is 38.0 Å². The highest BCUT2D eigenvalue weighted by Crippen LogP contribution is 2.13. The molecule has 0 aromatic heterocycles. The van der Waals surface area contributed by atoms with Gasteiger partial charge in [0, 0.05) is 13.1 Å². The van der Waals surface area contributed by atoms with E-state index >= 15 is 0 Å². The maximum Gasteiger partial charge on any atom is 0.241 e. The number of sulfonamides is 1. The molecule has 0 radical (unpaired) electrons. The first-order valence-corrected chi connectivity index (χ1v) is 8.23. The summed E-state index contributed by atoms with van der Waals surface area (Å²) in [5.74, 6) is -0.215. The molecule has 1 heterocycles. The summed E-state index contributed by atoms with van der Waals surface area (Å²) in [4.78, 5) is 13.8. The van der Waals surface area contributed by atoms with Gasteiger partial charge in [0.05, 0.1) is 22.6 Å². The summed E-state index contributed by atoms with van der Waals surface area (Å²) in [6.45, 7) is 2.88. The quantitative estimate of drug-likeness (QED) is 0.892. The molecule has 2 rings (SSSR count). The minimum Gasteiger partial charge on any atom is -0.341 e. The lowest BCUT2D eigenvalue weighted by atomic mass is 10.2. The molecule has 0 aliphatic carbocycles. The summed E-state index contributed by atoms with van der Waals surface area (Å²) in [6.07, 6.45) is 1.91.